The molecule has 1 amide bonds. The van der Waals surface area contributed by atoms with Crippen LogP contribution in [0.25, 0.3) is 0 Å². The highest BCUT2D eigenvalue weighted by molar-refractivity contribution is 9.10. The van der Waals surface area contributed by atoms with E-state index in [2.05, 4.69) is 26.2 Å². The summed E-state index contributed by atoms with van der Waals surface area (Å²) in [6, 6.07) is 11.4. The number of carbonyl (C=O) groups excluding carboxylic acids is 2. The van der Waals surface area contributed by atoms with Gasteiger partial charge in [-0.1, -0.05) is 40.2 Å². The molecule has 1 aromatic carbocycles. The molecule has 0 fully saturated rings. The largest absolute Gasteiger partial charge is 0.460 e. The first kappa shape index (κ1) is 21.1. The number of aromatic nitrogens is 1. The summed E-state index contributed by atoms with van der Waals surface area (Å²) in [4.78, 5) is 28.2. The van der Waals surface area contributed by atoms with Crippen LogP contribution >= 0.6 is 15.9 Å². The first-order valence-electron chi connectivity index (χ1n) is 8.88. The molecule has 0 aliphatic heterocycles. The molecule has 0 atom stereocenters. The van der Waals surface area contributed by atoms with Crippen LogP contribution in [-0.2, 0) is 33.7 Å². The van der Waals surface area contributed by atoms with Gasteiger partial charge in [-0.3, -0.25) is 14.6 Å². The molecule has 5 nitrogen and oxygen atoms in total. The Kier molecular flexibility index (Phi) is 7.54. The van der Waals surface area contributed by atoms with Gasteiger partial charge in [-0.2, -0.15) is 0 Å². The number of ether oxygens (including phenoxy) is 1. The molecule has 1 N–H and O–H groups in total. The fourth-order valence-corrected chi connectivity index (χ4v) is 2.90. The quantitative estimate of drug-likeness (QED) is 0.671. The van der Waals surface area contributed by atoms with Crippen LogP contribution in [0.4, 0.5) is 0 Å². The number of esters is 1. The number of pyridine rings is 1. The molecule has 2 aromatic rings. The second kappa shape index (κ2) is 9.65. The van der Waals surface area contributed by atoms with Crippen LogP contribution in [0.15, 0.2) is 47.1 Å². The molecule has 0 bridgehead atoms. The van der Waals surface area contributed by atoms with Crippen LogP contribution in [0.3, 0.4) is 0 Å². The van der Waals surface area contributed by atoms with Crippen molar-refractivity contribution in [2.75, 3.05) is 0 Å². The molecule has 27 heavy (non-hydrogen) atoms. The third-order valence-electron chi connectivity index (χ3n) is 3.65. The highest BCUT2D eigenvalue weighted by atomic mass is 79.9. The highest BCUT2D eigenvalue weighted by Gasteiger charge is 2.16. The lowest BCUT2D eigenvalue weighted by Crippen LogP contribution is -2.25. The smallest absolute Gasteiger partial charge is 0.310 e. The lowest BCUT2D eigenvalue weighted by atomic mass is 10.0. The average molecular weight is 433 g/mol. The maximum atomic E-state index is 12.1. The van der Waals surface area contributed by atoms with Crippen LogP contribution in [0.2, 0.25) is 0 Å². The van der Waals surface area contributed by atoms with E-state index in [0.717, 1.165) is 21.3 Å². The SMILES string of the molecule is CC(C)(C)OC(=O)Cc1cccc(CCC(=O)NCc2cc(Br)ccn2)c1. The second-order valence-electron chi connectivity index (χ2n) is 7.33. The molecule has 0 unspecified atom stereocenters. The van der Waals surface area contributed by atoms with E-state index in [-0.39, 0.29) is 18.3 Å². The van der Waals surface area contributed by atoms with Gasteiger partial charge < -0.3 is 10.1 Å². The molecule has 144 valence electrons. The van der Waals surface area contributed by atoms with Crippen molar-refractivity contribution >= 4 is 27.8 Å². The monoisotopic (exact) mass is 432 g/mol. The summed E-state index contributed by atoms with van der Waals surface area (Å²) in [7, 11) is 0. The number of carbonyl (C=O) groups is 2. The van der Waals surface area contributed by atoms with E-state index in [1.54, 1.807) is 6.20 Å². The fourth-order valence-electron chi connectivity index (χ4n) is 2.52. The molecule has 1 aromatic heterocycles. The van der Waals surface area contributed by atoms with E-state index in [1.165, 1.54) is 0 Å². The molecule has 0 spiro atoms. The second-order valence-corrected chi connectivity index (χ2v) is 8.24. The summed E-state index contributed by atoms with van der Waals surface area (Å²) in [6.07, 6.45) is 2.91. The topological polar surface area (TPSA) is 68.3 Å². The normalized spacial score (nSPS) is 11.1. The number of benzene rings is 1. The van der Waals surface area contributed by atoms with Crippen molar-refractivity contribution in [1.82, 2.24) is 10.3 Å². The van der Waals surface area contributed by atoms with Gasteiger partial charge in [0.05, 0.1) is 18.7 Å². The predicted octanol–water partition coefficient (Wildman–Crippen LogP) is 3.98. The van der Waals surface area contributed by atoms with Crippen LogP contribution in [0.1, 0.15) is 44.0 Å². The van der Waals surface area contributed by atoms with Crippen LogP contribution in [0, 0.1) is 0 Å². The van der Waals surface area contributed by atoms with Gasteiger partial charge in [-0.15, -0.1) is 0 Å². The molecule has 1 heterocycles. The Morgan fingerprint density at radius 1 is 1.15 bits per heavy atom. The predicted molar refractivity (Wildman–Crippen MR) is 108 cm³/mol. The number of halogens is 1. The zero-order valence-electron chi connectivity index (χ0n) is 15.9. The molecular weight excluding hydrogens is 408 g/mol. The Bertz CT molecular complexity index is 800. The van der Waals surface area contributed by atoms with Crippen molar-refractivity contribution in [3.8, 4) is 0 Å². The Hall–Kier alpha value is -2.21. The maximum Gasteiger partial charge on any atom is 0.310 e. The summed E-state index contributed by atoms with van der Waals surface area (Å²) in [6.45, 7) is 5.95. The Balaban J connectivity index is 1.81. The van der Waals surface area contributed by atoms with Crippen molar-refractivity contribution in [1.29, 1.82) is 0 Å². The number of nitrogens with one attached hydrogen (secondary N) is 1. The standard InChI is InChI=1S/C21H25BrN2O3/c1-21(2,3)27-20(26)12-16-6-4-5-15(11-16)7-8-19(25)24-14-18-13-17(22)9-10-23-18/h4-6,9-11,13H,7-8,12,14H2,1-3H3,(H,24,25). The van der Waals surface area contributed by atoms with Gasteiger partial charge >= 0.3 is 5.97 Å². The molecule has 6 heteroatoms. The molecule has 0 saturated carbocycles. The number of rotatable bonds is 7. The van der Waals surface area contributed by atoms with Gasteiger partial charge in [0.15, 0.2) is 0 Å². The minimum atomic E-state index is -0.490. The van der Waals surface area contributed by atoms with Crippen molar-refractivity contribution < 1.29 is 14.3 Å². The van der Waals surface area contributed by atoms with Gasteiger partial charge in [0.25, 0.3) is 0 Å². The molecule has 0 saturated heterocycles. The zero-order chi connectivity index (χ0) is 19.9. The Morgan fingerprint density at radius 2 is 1.89 bits per heavy atom. The molecule has 2 rings (SSSR count). The fraction of sp³-hybridized carbons (Fsp3) is 0.381. The third kappa shape index (κ3) is 8.35. The molecule has 0 aliphatic rings. The van der Waals surface area contributed by atoms with Crippen LogP contribution < -0.4 is 5.32 Å². The van der Waals surface area contributed by atoms with E-state index in [9.17, 15) is 9.59 Å². The van der Waals surface area contributed by atoms with E-state index < -0.39 is 5.60 Å². The number of nitrogens with zero attached hydrogens (tertiary/aromatic N) is 1. The van der Waals surface area contributed by atoms with Gasteiger partial charge in [0.2, 0.25) is 5.91 Å². The Labute approximate surface area is 168 Å². The van der Waals surface area contributed by atoms with Crippen molar-refractivity contribution in [3.63, 3.8) is 0 Å². The number of aryl methyl sites for hydroxylation is 1. The van der Waals surface area contributed by atoms with E-state index >= 15 is 0 Å². The minimum absolute atomic E-state index is 0.0330. The third-order valence-corrected chi connectivity index (χ3v) is 4.14. The summed E-state index contributed by atoms with van der Waals surface area (Å²) in [5.41, 5.74) is 2.22. The lowest BCUT2D eigenvalue weighted by Gasteiger charge is -2.19. The highest BCUT2D eigenvalue weighted by Crippen LogP contribution is 2.13. The number of amides is 1. The van der Waals surface area contributed by atoms with Gasteiger partial charge in [0, 0.05) is 17.1 Å². The molecule has 0 aliphatic carbocycles. The van der Waals surface area contributed by atoms with Crippen molar-refractivity contribution in [2.45, 2.75) is 52.2 Å². The molecule has 0 radical (unpaired) electrons. The minimum Gasteiger partial charge on any atom is -0.460 e. The lowest BCUT2D eigenvalue weighted by molar-refractivity contribution is -0.153. The summed E-state index contributed by atoms with van der Waals surface area (Å²) in [5.74, 6) is -0.284. The summed E-state index contributed by atoms with van der Waals surface area (Å²) in [5, 5.41) is 2.87. The maximum absolute atomic E-state index is 12.1. The van der Waals surface area contributed by atoms with E-state index in [0.29, 0.717) is 19.4 Å². The first-order chi connectivity index (χ1) is 12.7. The van der Waals surface area contributed by atoms with Crippen LogP contribution in [-0.4, -0.2) is 22.5 Å². The van der Waals surface area contributed by atoms with Gasteiger partial charge in [-0.05, 0) is 50.5 Å². The Morgan fingerprint density at radius 3 is 2.59 bits per heavy atom. The van der Waals surface area contributed by atoms with Gasteiger partial charge in [0.1, 0.15) is 5.60 Å². The van der Waals surface area contributed by atoms with E-state index in [4.69, 9.17) is 4.74 Å². The first-order valence-corrected chi connectivity index (χ1v) is 9.67. The summed E-state index contributed by atoms with van der Waals surface area (Å²) < 4.78 is 6.28. The van der Waals surface area contributed by atoms with E-state index in [1.807, 2.05) is 57.2 Å². The zero-order valence-corrected chi connectivity index (χ0v) is 17.5. The average Bonchev–Trinajstić information content (AvgIpc) is 2.57. The van der Waals surface area contributed by atoms with Crippen LogP contribution in [0.5, 0.6) is 0 Å². The number of hydrogen-bond acceptors (Lipinski definition) is 4. The summed E-state index contributed by atoms with van der Waals surface area (Å²) >= 11 is 3.38. The van der Waals surface area contributed by atoms with Crippen molar-refractivity contribution in [3.05, 3.63) is 63.9 Å². The van der Waals surface area contributed by atoms with Gasteiger partial charge in [-0.25, -0.2) is 0 Å². The van der Waals surface area contributed by atoms with Crippen molar-refractivity contribution in [2.24, 2.45) is 0 Å². The number of hydrogen-bond donors (Lipinski definition) is 1. The molecular formula is C21H25BrN2O3.